The van der Waals surface area contributed by atoms with Crippen LogP contribution in [-0.4, -0.2) is 19.0 Å². The van der Waals surface area contributed by atoms with E-state index in [9.17, 15) is 8.76 Å². The van der Waals surface area contributed by atoms with Gasteiger partial charge in [0.15, 0.2) is 0 Å². The smallest absolute Gasteiger partial charge is 0.770 e. The van der Waals surface area contributed by atoms with Gasteiger partial charge in [-0.15, -0.1) is 0 Å². The van der Waals surface area contributed by atoms with Gasteiger partial charge in [0.2, 0.25) is 0 Å². The Bertz CT molecular complexity index is 287. The van der Waals surface area contributed by atoms with Crippen LogP contribution in [0.5, 0.6) is 5.75 Å². The molecule has 0 saturated carbocycles. The first-order valence-electron chi connectivity index (χ1n) is 3.16. The predicted molar refractivity (Wildman–Crippen MR) is 42.0 cm³/mol. The summed E-state index contributed by atoms with van der Waals surface area (Å²) in [4.78, 5) is 0. The van der Waals surface area contributed by atoms with Gasteiger partial charge in [0.1, 0.15) is 11.2 Å². The van der Waals surface area contributed by atoms with Gasteiger partial charge in [0, 0.05) is 0 Å². The summed E-state index contributed by atoms with van der Waals surface area (Å²) in [7, 11) is 0. The van der Waals surface area contributed by atoms with Crippen LogP contribution in [0.3, 0.4) is 0 Å². The molecule has 0 amide bonds. The van der Waals surface area contributed by atoms with Crippen LogP contribution in [-0.2, 0) is 11.1 Å². The van der Waals surface area contributed by atoms with E-state index in [1.165, 1.54) is 24.3 Å². The summed E-state index contributed by atoms with van der Waals surface area (Å²) < 4.78 is 20.5. The average Bonchev–Trinajstić information content (AvgIpc) is 2.04. The second-order valence-electron chi connectivity index (χ2n) is 2.20. The van der Waals surface area contributed by atoms with E-state index in [0.29, 0.717) is 0 Å². The van der Waals surface area contributed by atoms with Crippen LogP contribution >= 0.6 is 0 Å². The number of hydrogen-bond acceptors (Lipinski definition) is 4. The Morgan fingerprint density at radius 2 is 1.77 bits per heavy atom. The van der Waals surface area contributed by atoms with Crippen LogP contribution in [0, 0.1) is 0 Å². The summed E-state index contributed by atoms with van der Waals surface area (Å²) in [6, 6.07) is 5.31. The van der Waals surface area contributed by atoms with Gasteiger partial charge in [0.05, 0.1) is 0 Å². The topological polar surface area (TPSA) is 80.6 Å². The normalized spacial score (nSPS) is 14.3. The fourth-order valence-corrected chi connectivity index (χ4v) is 1.13. The molecule has 1 aromatic carbocycles. The fourth-order valence-electron chi connectivity index (χ4n) is 0.750. The van der Waals surface area contributed by atoms with Crippen molar-refractivity contribution < 1.29 is 48.5 Å². The third-order valence-electron chi connectivity index (χ3n) is 1.36. The molecule has 6 heteroatoms. The molecule has 1 rings (SSSR count). The third-order valence-corrected chi connectivity index (χ3v) is 2.00. The van der Waals surface area contributed by atoms with Crippen LogP contribution in [0.25, 0.3) is 0 Å². The molecule has 0 radical (unpaired) electrons. The fraction of sp³-hybridized carbons (Fsp3) is 0.143. The van der Waals surface area contributed by atoms with Crippen molar-refractivity contribution >= 4 is 11.1 Å². The first-order chi connectivity index (χ1) is 5.61. The molecule has 2 N–H and O–H groups in total. The van der Waals surface area contributed by atoms with Gasteiger partial charge in [-0.2, -0.15) is 0 Å². The Morgan fingerprint density at radius 3 is 2.15 bits per heavy atom. The maximum Gasteiger partial charge on any atom is 1.00 e. The van der Waals surface area contributed by atoms with Crippen LogP contribution in [0.15, 0.2) is 24.3 Å². The molecular weight excluding hydrogens is 203 g/mol. The Kier molecular flexibility index (Phi) is 5.78. The SMILES string of the molecule is O=S([O-])C(O)c1ccc(O)cc1.[Na+]. The van der Waals surface area contributed by atoms with Crippen molar-refractivity contribution in [3.05, 3.63) is 29.8 Å². The largest absolute Gasteiger partial charge is 1.00 e. The quantitative estimate of drug-likeness (QED) is 0.410. The zero-order chi connectivity index (χ0) is 9.14. The molecule has 0 bridgehead atoms. The van der Waals surface area contributed by atoms with Crippen LogP contribution in [0.1, 0.15) is 11.0 Å². The minimum atomic E-state index is -2.54. The Balaban J connectivity index is 0.00000144. The number of hydrogen-bond donors (Lipinski definition) is 2. The number of benzene rings is 1. The predicted octanol–water partition coefficient (Wildman–Crippen LogP) is -2.73. The molecule has 2 unspecified atom stereocenters. The number of aliphatic hydroxyl groups excluding tert-OH is 1. The van der Waals surface area contributed by atoms with Gasteiger partial charge in [-0.3, -0.25) is 4.21 Å². The van der Waals surface area contributed by atoms with Crippen molar-refractivity contribution in [2.24, 2.45) is 0 Å². The molecule has 0 aliphatic rings. The van der Waals surface area contributed by atoms with Crippen molar-refractivity contribution in [3.63, 3.8) is 0 Å². The van der Waals surface area contributed by atoms with E-state index in [1.807, 2.05) is 0 Å². The molecule has 13 heavy (non-hydrogen) atoms. The molecular formula is C7H7NaO4S. The summed E-state index contributed by atoms with van der Waals surface area (Å²) in [5.41, 5.74) is -1.29. The molecule has 0 saturated heterocycles. The van der Waals surface area contributed by atoms with Crippen molar-refractivity contribution in [2.45, 2.75) is 5.44 Å². The van der Waals surface area contributed by atoms with Crippen molar-refractivity contribution in [3.8, 4) is 5.75 Å². The minimum Gasteiger partial charge on any atom is -0.770 e. The number of aromatic hydroxyl groups is 1. The van der Waals surface area contributed by atoms with Gasteiger partial charge >= 0.3 is 29.6 Å². The van der Waals surface area contributed by atoms with E-state index in [0.717, 1.165) is 0 Å². The molecule has 66 valence electrons. The maximum absolute atomic E-state index is 10.3. The third kappa shape index (κ3) is 3.76. The summed E-state index contributed by atoms with van der Waals surface area (Å²) in [5, 5.41) is 17.8. The Hall–Kier alpha value is 0.0900. The minimum absolute atomic E-state index is 0. The first-order valence-corrected chi connectivity index (χ1v) is 4.30. The number of phenols is 1. The molecule has 0 fully saturated rings. The van der Waals surface area contributed by atoms with E-state index in [4.69, 9.17) is 10.2 Å². The molecule has 0 aliphatic heterocycles. The summed E-state index contributed by atoms with van der Waals surface area (Å²) in [6.45, 7) is 0. The van der Waals surface area contributed by atoms with Crippen LogP contribution in [0.2, 0.25) is 0 Å². The van der Waals surface area contributed by atoms with E-state index in [1.54, 1.807) is 0 Å². The maximum atomic E-state index is 10.3. The van der Waals surface area contributed by atoms with Gasteiger partial charge < -0.3 is 14.8 Å². The number of aliphatic hydroxyl groups is 1. The molecule has 0 spiro atoms. The van der Waals surface area contributed by atoms with Gasteiger partial charge in [0.25, 0.3) is 0 Å². The monoisotopic (exact) mass is 210 g/mol. The zero-order valence-electron chi connectivity index (χ0n) is 7.01. The van der Waals surface area contributed by atoms with Crippen LogP contribution < -0.4 is 29.6 Å². The zero-order valence-corrected chi connectivity index (χ0v) is 9.82. The second-order valence-corrected chi connectivity index (χ2v) is 3.17. The Morgan fingerprint density at radius 1 is 1.31 bits per heavy atom. The average molecular weight is 210 g/mol. The second kappa shape index (κ2) is 5.74. The van der Waals surface area contributed by atoms with Crippen molar-refractivity contribution in [1.82, 2.24) is 0 Å². The molecule has 0 aliphatic carbocycles. The Labute approximate surface area is 100 Å². The van der Waals surface area contributed by atoms with Crippen molar-refractivity contribution in [1.29, 1.82) is 0 Å². The van der Waals surface area contributed by atoms with E-state index < -0.39 is 16.5 Å². The van der Waals surface area contributed by atoms with E-state index in [2.05, 4.69) is 0 Å². The molecule has 0 heterocycles. The van der Waals surface area contributed by atoms with Gasteiger partial charge in [-0.25, -0.2) is 0 Å². The van der Waals surface area contributed by atoms with Gasteiger partial charge in [-0.05, 0) is 28.8 Å². The molecule has 1 aromatic rings. The molecule has 0 aromatic heterocycles. The number of rotatable bonds is 2. The van der Waals surface area contributed by atoms with Gasteiger partial charge in [-0.1, -0.05) is 12.1 Å². The molecule has 4 nitrogen and oxygen atoms in total. The molecule has 2 atom stereocenters. The van der Waals surface area contributed by atoms with E-state index in [-0.39, 0.29) is 40.9 Å². The summed E-state index contributed by atoms with van der Waals surface area (Å²) in [5.74, 6) is 0.0302. The van der Waals surface area contributed by atoms with Crippen LogP contribution in [0.4, 0.5) is 0 Å². The summed E-state index contributed by atoms with van der Waals surface area (Å²) >= 11 is -2.54. The summed E-state index contributed by atoms with van der Waals surface area (Å²) in [6.07, 6.45) is 0. The standard InChI is InChI=1S/C7H8O4S.Na/c8-6-3-1-5(2-4-6)7(9)12(10)11;/h1-4,7-9H,(H,10,11);/q;+1/p-1. The van der Waals surface area contributed by atoms with E-state index >= 15 is 0 Å². The number of phenolic OH excluding ortho intramolecular Hbond substituents is 1. The first kappa shape index (κ1) is 13.1. The van der Waals surface area contributed by atoms with Crippen molar-refractivity contribution in [2.75, 3.05) is 0 Å².